The maximum atomic E-state index is 13.2. The molecule has 41 heavy (non-hydrogen) atoms. The number of carbonyl (C=O) groups is 1. The van der Waals surface area contributed by atoms with Crippen molar-refractivity contribution in [2.75, 3.05) is 32.8 Å². The van der Waals surface area contributed by atoms with E-state index in [2.05, 4.69) is 15.6 Å². The predicted molar refractivity (Wildman–Crippen MR) is 147 cm³/mol. The van der Waals surface area contributed by atoms with Crippen LogP contribution in [0.1, 0.15) is 48.2 Å². The van der Waals surface area contributed by atoms with E-state index in [0.717, 1.165) is 0 Å². The van der Waals surface area contributed by atoms with E-state index in [1.807, 2.05) is 0 Å². The van der Waals surface area contributed by atoms with Crippen LogP contribution in [0.4, 0.5) is 0 Å². The lowest BCUT2D eigenvalue weighted by molar-refractivity contribution is -0.0312. The van der Waals surface area contributed by atoms with E-state index in [-0.39, 0.29) is 40.1 Å². The van der Waals surface area contributed by atoms with Gasteiger partial charge in [-0.2, -0.15) is 4.31 Å². The second-order valence-electron chi connectivity index (χ2n) is 11.2. The van der Waals surface area contributed by atoms with Crippen molar-refractivity contribution in [1.82, 2.24) is 19.9 Å². The minimum Gasteiger partial charge on any atom is -0.491 e. The third kappa shape index (κ3) is 5.86. The van der Waals surface area contributed by atoms with Gasteiger partial charge in [-0.1, -0.05) is 6.07 Å². The van der Waals surface area contributed by atoms with E-state index in [1.165, 1.54) is 22.6 Å². The fourth-order valence-corrected chi connectivity index (χ4v) is 8.79. The maximum absolute atomic E-state index is 13.2. The number of piperidine rings is 1. The lowest BCUT2D eigenvalue weighted by Gasteiger charge is -2.38. The summed E-state index contributed by atoms with van der Waals surface area (Å²) in [7, 11) is -7.10. The van der Waals surface area contributed by atoms with Gasteiger partial charge in [-0.05, 0) is 56.4 Å². The molecule has 0 radical (unpaired) electrons. The molecule has 1 aromatic heterocycles. The number of sulfone groups is 1. The summed E-state index contributed by atoms with van der Waals surface area (Å²) in [6.45, 7) is 1.62. The molecule has 2 aromatic rings. The van der Waals surface area contributed by atoms with Gasteiger partial charge in [0.25, 0.3) is 5.91 Å². The van der Waals surface area contributed by atoms with Crippen LogP contribution in [0.5, 0.6) is 5.75 Å². The molecular weight excluding hydrogens is 572 g/mol. The summed E-state index contributed by atoms with van der Waals surface area (Å²) < 4.78 is 64.6. The number of sulfonamides is 1. The Morgan fingerprint density at radius 2 is 1.95 bits per heavy atom. The zero-order chi connectivity index (χ0) is 28.8. The van der Waals surface area contributed by atoms with Crippen LogP contribution in [0.2, 0.25) is 0 Å². The van der Waals surface area contributed by atoms with Crippen molar-refractivity contribution in [3.05, 3.63) is 47.8 Å². The van der Waals surface area contributed by atoms with Crippen molar-refractivity contribution < 1.29 is 36.2 Å². The smallest absolute Gasteiger partial charge is 0.253 e. The van der Waals surface area contributed by atoms with Crippen molar-refractivity contribution in [3.63, 3.8) is 0 Å². The summed E-state index contributed by atoms with van der Waals surface area (Å²) in [5.74, 6) is 0.0832. The number of hydrogen-bond acceptors (Lipinski definition) is 10. The van der Waals surface area contributed by atoms with Gasteiger partial charge >= 0.3 is 0 Å². The van der Waals surface area contributed by atoms with Crippen molar-refractivity contribution in [2.24, 2.45) is 0 Å². The standard InChI is InChI=1S/C27H34N4O8S2/c32-19(17-38-20-2-1-3-22(10-20)40(34,35)21-4-5-21)13-28-18-12-27(39-16-18)6-8-31(9-7-27)41(36,37)23-11-24-25(29-14-23)15-30-26(24)33/h1-3,10-11,14,18-19,21,28,32H,4-9,12-13,15-17H2,(H,30,33)/t18-,19+/m1/s1. The zero-order valence-corrected chi connectivity index (χ0v) is 24.1. The van der Waals surface area contributed by atoms with Crippen molar-refractivity contribution in [2.45, 2.75) is 71.4 Å². The largest absolute Gasteiger partial charge is 0.491 e. The van der Waals surface area contributed by atoms with Gasteiger partial charge in [-0.3, -0.25) is 9.78 Å². The Bertz CT molecular complexity index is 1540. The number of ether oxygens (including phenoxy) is 2. The van der Waals surface area contributed by atoms with E-state index in [0.29, 0.717) is 75.4 Å². The topological polar surface area (TPSA) is 164 Å². The predicted octanol–water partition coefficient (Wildman–Crippen LogP) is 0.603. The number of rotatable bonds is 10. The first-order valence-electron chi connectivity index (χ1n) is 13.9. The fraction of sp³-hybridized carbons (Fsp3) is 0.556. The van der Waals surface area contributed by atoms with Crippen LogP contribution in [-0.4, -0.2) is 93.0 Å². The first-order chi connectivity index (χ1) is 19.6. The Kier molecular flexibility index (Phi) is 7.57. The zero-order valence-electron chi connectivity index (χ0n) is 22.5. The van der Waals surface area contributed by atoms with Crippen LogP contribution in [0.3, 0.4) is 0 Å². The highest BCUT2D eigenvalue weighted by Gasteiger charge is 2.45. The Morgan fingerprint density at radius 3 is 2.71 bits per heavy atom. The summed E-state index contributed by atoms with van der Waals surface area (Å²) in [6.07, 6.45) is 3.64. The third-order valence-electron chi connectivity index (χ3n) is 8.27. The van der Waals surface area contributed by atoms with Crippen molar-refractivity contribution in [3.8, 4) is 5.75 Å². The average Bonchev–Trinajstić information content (AvgIpc) is 3.68. The van der Waals surface area contributed by atoms with Crippen molar-refractivity contribution >= 4 is 25.8 Å². The Labute approximate surface area is 239 Å². The second kappa shape index (κ2) is 10.9. The number of amides is 1. The highest BCUT2D eigenvalue weighted by molar-refractivity contribution is 7.92. The normalized spacial score (nSPS) is 23.3. The van der Waals surface area contributed by atoms with Crippen LogP contribution in [0.25, 0.3) is 0 Å². The number of aromatic nitrogens is 1. The summed E-state index contributed by atoms with van der Waals surface area (Å²) in [5.41, 5.74) is 0.416. The van der Waals surface area contributed by atoms with Gasteiger partial charge in [0.2, 0.25) is 10.0 Å². The number of aliphatic hydroxyl groups excluding tert-OH is 1. The van der Waals surface area contributed by atoms with Crippen LogP contribution in [0, 0.1) is 0 Å². The molecule has 1 aromatic carbocycles. The highest BCUT2D eigenvalue weighted by atomic mass is 32.2. The van der Waals surface area contributed by atoms with Gasteiger partial charge in [0.05, 0.1) is 40.2 Å². The van der Waals surface area contributed by atoms with Crippen LogP contribution < -0.4 is 15.4 Å². The molecule has 3 N–H and O–H groups in total. The molecule has 2 atom stereocenters. The van der Waals surface area contributed by atoms with Gasteiger partial charge in [-0.15, -0.1) is 0 Å². The van der Waals surface area contributed by atoms with Crippen LogP contribution in [0.15, 0.2) is 46.3 Å². The number of pyridine rings is 1. The number of carbonyl (C=O) groups excluding carboxylic acids is 1. The molecule has 222 valence electrons. The summed E-state index contributed by atoms with van der Waals surface area (Å²) in [5, 5.41) is 16.1. The fourth-order valence-electron chi connectivity index (χ4n) is 5.68. The molecule has 1 spiro atoms. The van der Waals surface area contributed by atoms with Gasteiger partial charge in [-0.25, -0.2) is 16.8 Å². The number of nitrogens with zero attached hydrogens (tertiary/aromatic N) is 2. The summed E-state index contributed by atoms with van der Waals surface area (Å²) in [4.78, 5) is 16.4. The van der Waals surface area contributed by atoms with E-state index >= 15 is 0 Å². The first-order valence-corrected chi connectivity index (χ1v) is 16.8. The molecule has 0 unspecified atom stereocenters. The molecule has 3 aliphatic heterocycles. The van der Waals surface area contributed by atoms with Gasteiger partial charge in [0, 0.05) is 31.9 Å². The molecule has 4 aliphatic rings. The Balaban J connectivity index is 0.966. The number of benzene rings is 1. The van der Waals surface area contributed by atoms with Crippen LogP contribution >= 0.6 is 0 Å². The quantitative estimate of drug-likeness (QED) is 0.349. The Morgan fingerprint density at radius 1 is 1.17 bits per heavy atom. The highest BCUT2D eigenvalue weighted by Crippen LogP contribution is 2.38. The molecule has 12 nitrogen and oxygen atoms in total. The second-order valence-corrected chi connectivity index (χ2v) is 15.4. The minimum atomic E-state index is -3.79. The number of aliphatic hydroxyl groups is 1. The number of nitrogens with one attached hydrogen (secondary N) is 2. The van der Waals surface area contributed by atoms with E-state index in [1.54, 1.807) is 18.2 Å². The first kappa shape index (κ1) is 28.5. The summed E-state index contributed by atoms with van der Waals surface area (Å²) >= 11 is 0. The molecule has 1 saturated carbocycles. The number of hydrogen-bond donors (Lipinski definition) is 3. The van der Waals surface area contributed by atoms with Gasteiger partial charge in [0.1, 0.15) is 23.4 Å². The average molecular weight is 607 g/mol. The third-order valence-corrected chi connectivity index (χ3v) is 12.4. The van der Waals surface area contributed by atoms with E-state index in [9.17, 15) is 26.7 Å². The molecule has 14 heteroatoms. The lowest BCUT2D eigenvalue weighted by atomic mass is 9.88. The van der Waals surface area contributed by atoms with E-state index < -0.39 is 31.6 Å². The minimum absolute atomic E-state index is 0.000701. The monoisotopic (exact) mass is 606 g/mol. The van der Waals surface area contributed by atoms with E-state index in [4.69, 9.17) is 9.47 Å². The molecule has 6 rings (SSSR count). The molecule has 1 amide bonds. The SMILES string of the molecule is O=C1NCc2ncc(S(=O)(=O)N3CCC4(CC3)C[C@@H](NC[C@H](O)COc3cccc(S(=O)(=O)C5CC5)c3)CO4)cc21. The number of fused-ring (bicyclic) bond motifs is 1. The van der Waals surface area contributed by atoms with Crippen molar-refractivity contribution in [1.29, 1.82) is 0 Å². The molecule has 1 aliphatic carbocycles. The van der Waals surface area contributed by atoms with Gasteiger partial charge in [0.15, 0.2) is 9.84 Å². The molecule has 3 fully saturated rings. The molecule has 2 saturated heterocycles. The maximum Gasteiger partial charge on any atom is 0.253 e. The lowest BCUT2D eigenvalue weighted by Crippen LogP contribution is -2.47. The molecular formula is C27H34N4O8S2. The molecule has 0 bridgehead atoms. The Hall–Kier alpha value is -2.62. The molecule has 4 heterocycles. The van der Waals surface area contributed by atoms with Gasteiger partial charge < -0.3 is 25.2 Å². The summed E-state index contributed by atoms with van der Waals surface area (Å²) in [6, 6.07) is 7.79. The van der Waals surface area contributed by atoms with Crippen LogP contribution in [-0.2, 0) is 31.1 Å².